The molecule has 2 aromatic rings. The molecule has 1 aliphatic heterocycles. The first-order valence-electron chi connectivity index (χ1n) is 9.89. The Bertz CT molecular complexity index is 765. The first-order chi connectivity index (χ1) is 13.2. The van der Waals surface area contributed by atoms with E-state index in [1.165, 1.54) is 5.56 Å². The van der Waals surface area contributed by atoms with Gasteiger partial charge in [0, 0.05) is 30.8 Å². The highest BCUT2D eigenvalue weighted by Gasteiger charge is 2.24. The fourth-order valence-corrected chi connectivity index (χ4v) is 3.60. The lowest BCUT2D eigenvalue weighted by Gasteiger charge is -2.32. The van der Waals surface area contributed by atoms with Gasteiger partial charge in [0.15, 0.2) is 0 Å². The van der Waals surface area contributed by atoms with Gasteiger partial charge < -0.3 is 10.2 Å². The minimum absolute atomic E-state index is 0.0262. The molecule has 142 valence electrons. The van der Waals surface area contributed by atoms with E-state index < -0.39 is 0 Å². The average Bonchev–Trinajstić information content (AvgIpc) is 2.73. The Morgan fingerprint density at radius 3 is 2.41 bits per heavy atom. The zero-order valence-corrected chi connectivity index (χ0v) is 16.0. The van der Waals surface area contributed by atoms with Crippen LogP contribution in [0.1, 0.15) is 52.5 Å². The number of rotatable bonds is 6. The van der Waals surface area contributed by atoms with Crippen molar-refractivity contribution in [3.05, 3.63) is 71.3 Å². The van der Waals surface area contributed by atoms with E-state index in [9.17, 15) is 9.59 Å². The molecule has 1 N–H and O–H groups in total. The number of piperidine rings is 1. The van der Waals surface area contributed by atoms with E-state index in [-0.39, 0.29) is 11.8 Å². The molecule has 2 aromatic carbocycles. The molecule has 0 atom stereocenters. The van der Waals surface area contributed by atoms with Crippen molar-refractivity contribution in [3.63, 3.8) is 0 Å². The van der Waals surface area contributed by atoms with Crippen LogP contribution >= 0.6 is 0 Å². The zero-order chi connectivity index (χ0) is 19.1. The van der Waals surface area contributed by atoms with Crippen LogP contribution in [-0.2, 0) is 6.42 Å². The summed E-state index contributed by atoms with van der Waals surface area (Å²) in [5, 5.41) is 2.86. The van der Waals surface area contributed by atoms with Gasteiger partial charge in [-0.25, -0.2) is 0 Å². The molecular formula is C23H28N2O2. The second-order valence-corrected chi connectivity index (χ2v) is 7.26. The maximum Gasteiger partial charge on any atom is 0.253 e. The standard InChI is InChI=1S/C23H28N2O2/c1-2-13-24-22(26)20-9-6-10-21(17-20)23(27)25-14-11-19(12-15-25)16-18-7-4-3-5-8-18/h3-10,17,19H,2,11-16H2,1H3,(H,24,26). The molecule has 0 unspecified atom stereocenters. The van der Waals surface area contributed by atoms with E-state index in [2.05, 4.69) is 29.6 Å². The van der Waals surface area contributed by atoms with Crippen molar-refractivity contribution in [2.45, 2.75) is 32.6 Å². The molecule has 1 fully saturated rings. The van der Waals surface area contributed by atoms with Gasteiger partial charge in [-0.15, -0.1) is 0 Å². The summed E-state index contributed by atoms with van der Waals surface area (Å²) < 4.78 is 0. The van der Waals surface area contributed by atoms with Crippen molar-refractivity contribution in [1.29, 1.82) is 0 Å². The van der Waals surface area contributed by atoms with Crippen LogP contribution in [0.5, 0.6) is 0 Å². The molecule has 0 saturated carbocycles. The molecule has 1 saturated heterocycles. The Balaban J connectivity index is 1.57. The molecule has 3 rings (SSSR count). The lowest BCUT2D eigenvalue weighted by Crippen LogP contribution is -2.39. The zero-order valence-electron chi connectivity index (χ0n) is 16.0. The van der Waals surface area contributed by atoms with Crippen molar-refractivity contribution >= 4 is 11.8 Å². The van der Waals surface area contributed by atoms with Crippen molar-refractivity contribution in [3.8, 4) is 0 Å². The van der Waals surface area contributed by atoms with Crippen molar-refractivity contribution in [2.24, 2.45) is 5.92 Å². The number of hydrogen-bond acceptors (Lipinski definition) is 2. The highest BCUT2D eigenvalue weighted by atomic mass is 16.2. The van der Waals surface area contributed by atoms with Gasteiger partial charge in [-0.1, -0.05) is 43.3 Å². The number of amides is 2. The third-order valence-corrected chi connectivity index (χ3v) is 5.18. The summed E-state index contributed by atoms with van der Waals surface area (Å²) in [4.78, 5) is 26.9. The number of likely N-dealkylation sites (tertiary alicyclic amines) is 1. The normalized spacial score (nSPS) is 14.8. The average molecular weight is 364 g/mol. The third-order valence-electron chi connectivity index (χ3n) is 5.18. The van der Waals surface area contributed by atoms with E-state index in [4.69, 9.17) is 0 Å². The van der Waals surface area contributed by atoms with Gasteiger partial charge in [0.1, 0.15) is 0 Å². The van der Waals surface area contributed by atoms with Crippen LogP contribution in [-0.4, -0.2) is 36.3 Å². The number of carbonyl (C=O) groups excluding carboxylic acids is 2. The summed E-state index contributed by atoms with van der Waals surface area (Å²) in [7, 11) is 0. The van der Waals surface area contributed by atoms with Crippen LogP contribution in [0.4, 0.5) is 0 Å². The summed E-state index contributed by atoms with van der Waals surface area (Å²) in [5.41, 5.74) is 2.52. The molecule has 2 amide bonds. The first kappa shape index (κ1) is 19.2. The summed E-state index contributed by atoms with van der Waals surface area (Å²) in [5.74, 6) is 0.536. The molecular weight excluding hydrogens is 336 g/mol. The maximum atomic E-state index is 12.8. The second kappa shape index (κ2) is 9.36. The van der Waals surface area contributed by atoms with Gasteiger partial charge >= 0.3 is 0 Å². The second-order valence-electron chi connectivity index (χ2n) is 7.26. The summed E-state index contributed by atoms with van der Waals surface area (Å²) in [6, 6.07) is 17.6. The maximum absolute atomic E-state index is 12.8. The number of benzene rings is 2. The molecule has 0 radical (unpaired) electrons. The molecule has 0 aliphatic carbocycles. The quantitative estimate of drug-likeness (QED) is 0.844. The highest BCUT2D eigenvalue weighted by Crippen LogP contribution is 2.23. The van der Waals surface area contributed by atoms with Crippen molar-refractivity contribution < 1.29 is 9.59 Å². The van der Waals surface area contributed by atoms with E-state index in [0.717, 1.165) is 38.8 Å². The Labute approximate surface area is 161 Å². The van der Waals surface area contributed by atoms with E-state index >= 15 is 0 Å². The smallest absolute Gasteiger partial charge is 0.253 e. The number of nitrogens with zero attached hydrogens (tertiary/aromatic N) is 1. The fraction of sp³-hybridized carbons (Fsp3) is 0.391. The van der Waals surface area contributed by atoms with Crippen LogP contribution in [0, 0.1) is 5.92 Å². The van der Waals surface area contributed by atoms with E-state index in [1.54, 1.807) is 24.3 Å². The number of nitrogens with one attached hydrogen (secondary N) is 1. The van der Waals surface area contributed by atoms with Gasteiger partial charge in [0.05, 0.1) is 0 Å². The van der Waals surface area contributed by atoms with E-state index in [0.29, 0.717) is 23.6 Å². The molecule has 4 heteroatoms. The predicted molar refractivity (Wildman–Crippen MR) is 108 cm³/mol. The summed E-state index contributed by atoms with van der Waals surface area (Å²) in [6.07, 6.45) is 4.02. The van der Waals surface area contributed by atoms with Gasteiger partial charge in [-0.2, -0.15) is 0 Å². The molecule has 0 spiro atoms. The molecule has 27 heavy (non-hydrogen) atoms. The van der Waals surface area contributed by atoms with Crippen LogP contribution in [0.2, 0.25) is 0 Å². The summed E-state index contributed by atoms with van der Waals surface area (Å²) in [6.45, 7) is 4.22. The number of hydrogen-bond donors (Lipinski definition) is 1. The SMILES string of the molecule is CCCNC(=O)c1cccc(C(=O)N2CCC(Cc3ccccc3)CC2)c1. The lowest BCUT2D eigenvalue weighted by molar-refractivity contribution is 0.0690. The minimum atomic E-state index is -0.118. The minimum Gasteiger partial charge on any atom is -0.352 e. The van der Waals surface area contributed by atoms with Crippen molar-refractivity contribution in [2.75, 3.05) is 19.6 Å². The summed E-state index contributed by atoms with van der Waals surface area (Å²) >= 11 is 0. The largest absolute Gasteiger partial charge is 0.352 e. The van der Waals surface area contributed by atoms with Gasteiger partial charge in [0.25, 0.3) is 11.8 Å². The Hall–Kier alpha value is -2.62. The Morgan fingerprint density at radius 2 is 1.70 bits per heavy atom. The topological polar surface area (TPSA) is 49.4 Å². The number of carbonyl (C=O) groups is 2. The predicted octanol–water partition coefficient (Wildman–Crippen LogP) is 3.92. The molecule has 1 heterocycles. The lowest BCUT2D eigenvalue weighted by atomic mass is 9.90. The van der Waals surface area contributed by atoms with Gasteiger partial charge in [-0.3, -0.25) is 9.59 Å². The van der Waals surface area contributed by atoms with Crippen molar-refractivity contribution in [1.82, 2.24) is 10.2 Å². The van der Waals surface area contributed by atoms with Crippen LogP contribution in [0.15, 0.2) is 54.6 Å². The van der Waals surface area contributed by atoms with Gasteiger partial charge in [-0.05, 0) is 55.4 Å². The van der Waals surface area contributed by atoms with Crippen LogP contribution in [0.25, 0.3) is 0 Å². The van der Waals surface area contributed by atoms with Crippen LogP contribution in [0.3, 0.4) is 0 Å². The highest BCUT2D eigenvalue weighted by molar-refractivity contribution is 5.99. The molecule has 4 nitrogen and oxygen atoms in total. The molecule has 1 aliphatic rings. The van der Waals surface area contributed by atoms with Crippen LogP contribution < -0.4 is 5.32 Å². The molecule has 0 bridgehead atoms. The third kappa shape index (κ3) is 5.19. The van der Waals surface area contributed by atoms with Gasteiger partial charge in [0.2, 0.25) is 0 Å². The molecule has 0 aromatic heterocycles. The monoisotopic (exact) mass is 364 g/mol. The fourth-order valence-electron chi connectivity index (χ4n) is 3.60. The first-order valence-corrected chi connectivity index (χ1v) is 9.89. The Kier molecular flexibility index (Phi) is 6.64. The Morgan fingerprint density at radius 1 is 1.00 bits per heavy atom. The van der Waals surface area contributed by atoms with E-state index in [1.807, 2.05) is 17.9 Å².